The Hall–Kier alpha value is -3.96. The first-order chi connectivity index (χ1) is 18.2. The third-order valence-electron chi connectivity index (χ3n) is 5.93. The standard InChI is InChI=1S/C27H28F3N5O3/c1-18(36)33-25-9-5-20(15-32-25)19-3-7-23(8-4-19)38-17-26(37)34-22-6-2-21(24(14-22)27(28,29)30)16-35-12-10-31-11-13-35/h2-9,14-15,31H,10-13,16-17H2,1H3,(H,34,37)(H,32,33,36). The topological polar surface area (TPSA) is 95.6 Å². The van der Waals surface area contributed by atoms with Crippen LogP contribution in [0.1, 0.15) is 18.1 Å². The van der Waals surface area contributed by atoms with Crippen LogP contribution >= 0.6 is 0 Å². The van der Waals surface area contributed by atoms with Gasteiger partial charge < -0.3 is 20.7 Å². The zero-order valence-electron chi connectivity index (χ0n) is 20.8. The van der Waals surface area contributed by atoms with Crippen molar-refractivity contribution in [1.29, 1.82) is 0 Å². The van der Waals surface area contributed by atoms with Crippen LogP contribution in [0.4, 0.5) is 24.7 Å². The number of alkyl halides is 3. The van der Waals surface area contributed by atoms with Gasteiger partial charge >= 0.3 is 6.18 Å². The van der Waals surface area contributed by atoms with Crippen LogP contribution in [-0.2, 0) is 22.3 Å². The quantitative estimate of drug-likeness (QED) is 0.408. The molecule has 1 fully saturated rings. The summed E-state index contributed by atoms with van der Waals surface area (Å²) in [4.78, 5) is 29.6. The molecule has 1 aliphatic rings. The Bertz CT molecular complexity index is 1260. The van der Waals surface area contributed by atoms with E-state index in [1.165, 1.54) is 19.1 Å². The molecule has 0 saturated carbocycles. The molecule has 0 atom stereocenters. The van der Waals surface area contributed by atoms with Crippen molar-refractivity contribution in [3.05, 3.63) is 71.9 Å². The van der Waals surface area contributed by atoms with E-state index in [4.69, 9.17) is 4.74 Å². The summed E-state index contributed by atoms with van der Waals surface area (Å²) in [7, 11) is 0. The van der Waals surface area contributed by atoms with Gasteiger partial charge in [0.1, 0.15) is 11.6 Å². The lowest BCUT2D eigenvalue weighted by Crippen LogP contribution is -2.43. The largest absolute Gasteiger partial charge is 0.484 e. The van der Waals surface area contributed by atoms with Crippen LogP contribution < -0.4 is 20.7 Å². The molecule has 0 bridgehead atoms. The molecule has 0 spiro atoms. The van der Waals surface area contributed by atoms with Crippen LogP contribution in [0.25, 0.3) is 11.1 Å². The lowest BCUT2D eigenvalue weighted by molar-refractivity contribution is -0.138. The van der Waals surface area contributed by atoms with Crippen molar-refractivity contribution in [3.63, 3.8) is 0 Å². The second-order valence-corrected chi connectivity index (χ2v) is 8.87. The van der Waals surface area contributed by atoms with Gasteiger partial charge in [0.25, 0.3) is 5.91 Å². The minimum absolute atomic E-state index is 0.0561. The third kappa shape index (κ3) is 7.53. The van der Waals surface area contributed by atoms with Gasteiger partial charge in [0, 0.05) is 57.1 Å². The number of benzene rings is 2. The lowest BCUT2D eigenvalue weighted by atomic mass is 10.0. The molecule has 4 rings (SSSR count). The Kier molecular flexibility index (Phi) is 8.59. The minimum Gasteiger partial charge on any atom is -0.484 e. The molecule has 38 heavy (non-hydrogen) atoms. The van der Waals surface area contributed by atoms with Crippen molar-refractivity contribution in [2.24, 2.45) is 0 Å². The van der Waals surface area contributed by atoms with Gasteiger partial charge in [-0.05, 0) is 47.5 Å². The summed E-state index contributed by atoms with van der Waals surface area (Å²) in [6, 6.07) is 14.3. The van der Waals surface area contributed by atoms with Crippen LogP contribution in [0.2, 0.25) is 0 Å². The number of ether oxygens (including phenoxy) is 1. The number of carbonyl (C=O) groups excluding carboxylic acids is 2. The molecule has 0 aliphatic carbocycles. The molecule has 3 N–H and O–H groups in total. The zero-order chi connectivity index (χ0) is 27.1. The smallest absolute Gasteiger partial charge is 0.416 e. The summed E-state index contributed by atoms with van der Waals surface area (Å²) < 4.78 is 46.7. The fourth-order valence-corrected chi connectivity index (χ4v) is 4.07. The van der Waals surface area contributed by atoms with Crippen LogP contribution in [0.3, 0.4) is 0 Å². The highest BCUT2D eigenvalue weighted by molar-refractivity contribution is 5.92. The molecular weight excluding hydrogens is 499 g/mol. The van der Waals surface area contributed by atoms with Gasteiger partial charge in [0.05, 0.1) is 5.56 Å². The van der Waals surface area contributed by atoms with E-state index in [1.54, 1.807) is 36.5 Å². The number of pyridine rings is 1. The van der Waals surface area contributed by atoms with E-state index in [-0.39, 0.29) is 30.3 Å². The molecular formula is C27H28F3N5O3. The van der Waals surface area contributed by atoms with E-state index >= 15 is 0 Å². The first-order valence-electron chi connectivity index (χ1n) is 12.1. The van der Waals surface area contributed by atoms with E-state index < -0.39 is 17.6 Å². The predicted octanol–water partition coefficient (Wildman–Crippen LogP) is 4.15. The Balaban J connectivity index is 1.34. The highest BCUT2D eigenvalue weighted by Gasteiger charge is 2.34. The Labute approximate surface area is 218 Å². The van der Waals surface area contributed by atoms with E-state index in [9.17, 15) is 22.8 Å². The van der Waals surface area contributed by atoms with Crippen molar-refractivity contribution in [3.8, 4) is 16.9 Å². The Morgan fingerprint density at radius 1 is 1.00 bits per heavy atom. The fourth-order valence-electron chi connectivity index (χ4n) is 4.07. The van der Waals surface area contributed by atoms with Crippen molar-refractivity contribution in [1.82, 2.24) is 15.2 Å². The van der Waals surface area contributed by atoms with Crippen LogP contribution in [0.15, 0.2) is 60.8 Å². The molecule has 8 nitrogen and oxygen atoms in total. The zero-order valence-corrected chi connectivity index (χ0v) is 20.8. The van der Waals surface area contributed by atoms with Gasteiger partial charge in [-0.3, -0.25) is 14.5 Å². The fraction of sp³-hybridized carbons (Fsp3) is 0.296. The molecule has 0 radical (unpaired) electrons. The molecule has 1 saturated heterocycles. The molecule has 1 aromatic heterocycles. The minimum atomic E-state index is -4.54. The predicted molar refractivity (Wildman–Crippen MR) is 138 cm³/mol. The summed E-state index contributed by atoms with van der Waals surface area (Å²) in [5.41, 5.74) is 1.15. The molecule has 200 valence electrons. The number of rotatable bonds is 8. The normalized spacial score (nSPS) is 14.1. The van der Waals surface area contributed by atoms with Gasteiger partial charge in [-0.25, -0.2) is 4.98 Å². The lowest BCUT2D eigenvalue weighted by Gasteiger charge is -2.28. The number of carbonyl (C=O) groups is 2. The number of piperazine rings is 1. The molecule has 0 unspecified atom stereocenters. The van der Waals surface area contributed by atoms with Crippen LogP contribution in [0, 0.1) is 0 Å². The van der Waals surface area contributed by atoms with Crippen molar-refractivity contribution < 1.29 is 27.5 Å². The molecule has 2 amide bonds. The van der Waals surface area contributed by atoms with E-state index in [0.717, 1.165) is 30.3 Å². The number of nitrogens with one attached hydrogen (secondary N) is 3. The number of hydrogen-bond donors (Lipinski definition) is 3. The first kappa shape index (κ1) is 27.1. The summed E-state index contributed by atoms with van der Waals surface area (Å²) in [5, 5.41) is 8.26. The highest BCUT2D eigenvalue weighted by Crippen LogP contribution is 2.34. The second-order valence-electron chi connectivity index (χ2n) is 8.87. The van der Waals surface area contributed by atoms with Gasteiger partial charge in [0.2, 0.25) is 5.91 Å². The molecule has 11 heteroatoms. The number of hydrogen-bond acceptors (Lipinski definition) is 6. The number of halogens is 3. The van der Waals surface area contributed by atoms with Crippen LogP contribution in [-0.4, -0.2) is 54.5 Å². The molecule has 2 aromatic carbocycles. The van der Waals surface area contributed by atoms with E-state index in [2.05, 4.69) is 20.9 Å². The summed E-state index contributed by atoms with van der Waals surface area (Å²) >= 11 is 0. The second kappa shape index (κ2) is 12.1. The van der Waals surface area contributed by atoms with Gasteiger partial charge in [-0.15, -0.1) is 0 Å². The van der Waals surface area contributed by atoms with Crippen LogP contribution in [0.5, 0.6) is 5.75 Å². The summed E-state index contributed by atoms with van der Waals surface area (Å²) in [5.74, 6) is 0.0899. The van der Waals surface area contributed by atoms with Crippen molar-refractivity contribution in [2.45, 2.75) is 19.6 Å². The summed E-state index contributed by atoms with van der Waals surface area (Å²) in [6.45, 7) is 4.06. The maximum absolute atomic E-state index is 13.7. The van der Waals surface area contributed by atoms with Crippen molar-refractivity contribution >= 4 is 23.3 Å². The number of amides is 2. The van der Waals surface area contributed by atoms with Gasteiger partial charge in [0.15, 0.2) is 6.61 Å². The monoisotopic (exact) mass is 527 g/mol. The van der Waals surface area contributed by atoms with Gasteiger partial charge in [-0.2, -0.15) is 13.2 Å². The Morgan fingerprint density at radius 3 is 2.34 bits per heavy atom. The number of nitrogens with zero attached hydrogens (tertiary/aromatic N) is 2. The SMILES string of the molecule is CC(=O)Nc1ccc(-c2ccc(OCC(=O)Nc3ccc(CN4CCNCC4)c(C(F)(F)F)c3)cc2)cn1. The maximum atomic E-state index is 13.7. The highest BCUT2D eigenvalue weighted by atomic mass is 19.4. The molecule has 1 aliphatic heterocycles. The van der Waals surface area contributed by atoms with E-state index in [1.807, 2.05) is 11.0 Å². The third-order valence-corrected chi connectivity index (χ3v) is 5.93. The van der Waals surface area contributed by atoms with Crippen molar-refractivity contribution in [2.75, 3.05) is 43.4 Å². The van der Waals surface area contributed by atoms with Gasteiger partial charge in [-0.1, -0.05) is 18.2 Å². The Morgan fingerprint density at radius 2 is 1.71 bits per heavy atom. The maximum Gasteiger partial charge on any atom is 0.416 e. The average Bonchev–Trinajstić information content (AvgIpc) is 2.89. The van der Waals surface area contributed by atoms with E-state index in [0.29, 0.717) is 24.7 Å². The first-order valence-corrected chi connectivity index (χ1v) is 12.1. The molecule has 2 heterocycles. The summed E-state index contributed by atoms with van der Waals surface area (Å²) in [6.07, 6.45) is -2.92. The number of aromatic nitrogens is 1. The molecule has 3 aromatic rings. The number of anilines is 2. The average molecular weight is 528 g/mol.